The predicted molar refractivity (Wildman–Crippen MR) is 80.4 cm³/mol. The van der Waals surface area contributed by atoms with Crippen LogP contribution in [0, 0.1) is 13.8 Å². The number of nitrogens with zero attached hydrogens (tertiary/aromatic N) is 1. The van der Waals surface area contributed by atoms with E-state index in [4.69, 9.17) is 0 Å². The van der Waals surface area contributed by atoms with Crippen LogP contribution >= 0.6 is 0 Å². The smallest absolute Gasteiger partial charge is 0.150 e. The molecule has 0 saturated carbocycles. The maximum atomic E-state index is 10.8. The molecule has 2 nitrogen and oxygen atoms in total. The van der Waals surface area contributed by atoms with Crippen molar-refractivity contribution in [2.24, 2.45) is 0 Å². The van der Waals surface area contributed by atoms with Crippen molar-refractivity contribution in [1.29, 1.82) is 0 Å². The van der Waals surface area contributed by atoms with Crippen LogP contribution in [0.4, 0.5) is 11.4 Å². The minimum Gasteiger partial charge on any atom is -0.341 e. The first-order valence-electron chi connectivity index (χ1n) is 6.56. The molecule has 0 N–H and O–H groups in total. The number of carbonyl (C=O) groups excluding carboxylic acids is 1. The molecule has 0 aliphatic carbocycles. The molecule has 2 aromatic rings. The number of benzene rings is 2. The average Bonchev–Trinajstić information content (AvgIpc) is 2.43. The number of hydrogen-bond acceptors (Lipinski definition) is 2. The number of carbonyl (C=O) groups is 1. The Bertz CT molecular complexity index is 590. The lowest BCUT2D eigenvalue weighted by atomic mass is 10.1. The molecular formula is C17H19NO. The van der Waals surface area contributed by atoms with E-state index in [9.17, 15) is 4.79 Å². The van der Waals surface area contributed by atoms with Crippen molar-refractivity contribution in [3.8, 4) is 0 Å². The first-order valence-corrected chi connectivity index (χ1v) is 6.56. The maximum absolute atomic E-state index is 10.8. The molecule has 0 saturated heterocycles. The Morgan fingerprint density at radius 1 is 1.00 bits per heavy atom. The molecule has 0 aliphatic rings. The van der Waals surface area contributed by atoms with Crippen molar-refractivity contribution in [2.75, 3.05) is 11.4 Å². The van der Waals surface area contributed by atoms with Gasteiger partial charge in [-0.3, -0.25) is 4.79 Å². The van der Waals surface area contributed by atoms with Crippen LogP contribution in [-0.2, 0) is 0 Å². The number of rotatable bonds is 4. The molecule has 0 fully saturated rings. The molecule has 0 unspecified atom stereocenters. The average molecular weight is 253 g/mol. The van der Waals surface area contributed by atoms with Gasteiger partial charge in [-0.25, -0.2) is 0 Å². The van der Waals surface area contributed by atoms with E-state index in [1.807, 2.05) is 25.1 Å². The van der Waals surface area contributed by atoms with Gasteiger partial charge in [-0.2, -0.15) is 0 Å². The van der Waals surface area contributed by atoms with Crippen LogP contribution in [0.5, 0.6) is 0 Å². The second-order valence-electron chi connectivity index (χ2n) is 4.69. The molecule has 0 bridgehead atoms. The lowest BCUT2D eigenvalue weighted by molar-refractivity contribution is 0.112. The fourth-order valence-electron chi connectivity index (χ4n) is 2.39. The van der Waals surface area contributed by atoms with E-state index in [0.717, 1.165) is 29.6 Å². The standard InChI is InChI=1S/C17H19NO/c1-4-18(16-8-6-5-7-13(16)2)17-10-9-15(12-19)11-14(17)3/h5-12H,4H2,1-3H3. The zero-order valence-electron chi connectivity index (χ0n) is 11.7. The molecule has 0 aromatic heterocycles. The van der Waals surface area contributed by atoms with E-state index in [1.165, 1.54) is 11.3 Å². The summed E-state index contributed by atoms with van der Waals surface area (Å²) in [5, 5.41) is 0. The van der Waals surface area contributed by atoms with Crippen LogP contribution in [0.3, 0.4) is 0 Å². The highest BCUT2D eigenvalue weighted by molar-refractivity contribution is 5.78. The summed E-state index contributed by atoms with van der Waals surface area (Å²) in [6.07, 6.45) is 0.890. The Labute approximate surface area is 114 Å². The third kappa shape index (κ3) is 2.68. The first kappa shape index (κ1) is 13.3. The SMILES string of the molecule is CCN(c1ccccc1C)c1ccc(C=O)cc1C. The normalized spacial score (nSPS) is 10.3. The quantitative estimate of drug-likeness (QED) is 0.758. The van der Waals surface area contributed by atoms with Crippen molar-refractivity contribution in [1.82, 2.24) is 0 Å². The Hall–Kier alpha value is -2.09. The van der Waals surface area contributed by atoms with Crippen LogP contribution in [0.25, 0.3) is 0 Å². The van der Waals surface area contributed by atoms with Crippen molar-refractivity contribution in [2.45, 2.75) is 20.8 Å². The summed E-state index contributed by atoms with van der Waals surface area (Å²) in [7, 11) is 0. The Balaban J connectivity index is 2.48. The van der Waals surface area contributed by atoms with Gasteiger partial charge >= 0.3 is 0 Å². The van der Waals surface area contributed by atoms with E-state index in [0.29, 0.717) is 0 Å². The number of hydrogen-bond donors (Lipinski definition) is 0. The summed E-state index contributed by atoms with van der Waals surface area (Å²) in [6.45, 7) is 7.20. The minimum atomic E-state index is 0.724. The molecule has 0 heterocycles. The van der Waals surface area contributed by atoms with Crippen molar-refractivity contribution < 1.29 is 4.79 Å². The van der Waals surface area contributed by atoms with Gasteiger partial charge in [-0.1, -0.05) is 18.2 Å². The number of aryl methyl sites for hydroxylation is 2. The van der Waals surface area contributed by atoms with E-state index in [2.05, 4.69) is 43.0 Å². The molecule has 2 rings (SSSR count). The molecule has 2 aromatic carbocycles. The van der Waals surface area contributed by atoms with Gasteiger partial charge in [0.25, 0.3) is 0 Å². The van der Waals surface area contributed by atoms with Gasteiger partial charge in [0.05, 0.1) is 0 Å². The number of para-hydroxylation sites is 1. The van der Waals surface area contributed by atoms with E-state index in [-0.39, 0.29) is 0 Å². The zero-order chi connectivity index (χ0) is 13.8. The van der Waals surface area contributed by atoms with E-state index in [1.54, 1.807) is 0 Å². The van der Waals surface area contributed by atoms with Gasteiger partial charge in [0.1, 0.15) is 6.29 Å². The second kappa shape index (κ2) is 5.70. The van der Waals surface area contributed by atoms with Crippen LogP contribution < -0.4 is 4.90 Å². The summed E-state index contributed by atoms with van der Waals surface area (Å²) in [6, 6.07) is 14.2. The summed E-state index contributed by atoms with van der Waals surface area (Å²) in [5.74, 6) is 0. The highest BCUT2D eigenvalue weighted by Gasteiger charge is 2.11. The van der Waals surface area contributed by atoms with Crippen LogP contribution in [0.15, 0.2) is 42.5 Å². The summed E-state index contributed by atoms with van der Waals surface area (Å²) < 4.78 is 0. The Morgan fingerprint density at radius 3 is 2.26 bits per heavy atom. The molecular weight excluding hydrogens is 234 g/mol. The third-order valence-corrected chi connectivity index (χ3v) is 3.37. The first-order chi connectivity index (χ1) is 9.17. The van der Waals surface area contributed by atoms with E-state index < -0.39 is 0 Å². The monoisotopic (exact) mass is 253 g/mol. The minimum absolute atomic E-state index is 0.724. The third-order valence-electron chi connectivity index (χ3n) is 3.37. The number of aldehydes is 1. The fraction of sp³-hybridized carbons (Fsp3) is 0.235. The highest BCUT2D eigenvalue weighted by Crippen LogP contribution is 2.30. The second-order valence-corrected chi connectivity index (χ2v) is 4.69. The lowest BCUT2D eigenvalue weighted by Gasteiger charge is -2.26. The summed E-state index contributed by atoms with van der Waals surface area (Å²) in [4.78, 5) is 13.1. The van der Waals surface area contributed by atoms with Gasteiger partial charge in [0.2, 0.25) is 0 Å². The fourth-order valence-corrected chi connectivity index (χ4v) is 2.39. The molecule has 2 heteroatoms. The summed E-state index contributed by atoms with van der Waals surface area (Å²) >= 11 is 0. The van der Waals surface area contributed by atoms with E-state index >= 15 is 0 Å². The van der Waals surface area contributed by atoms with Gasteiger partial charge in [-0.05, 0) is 56.2 Å². The van der Waals surface area contributed by atoms with Crippen LogP contribution in [-0.4, -0.2) is 12.8 Å². The molecule has 0 aliphatic heterocycles. The maximum Gasteiger partial charge on any atom is 0.150 e. The number of anilines is 2. The van der Waals surface area contributed by atoms with Crippen LogP contribution in [0.1, 0.15) is 28.4 Å². The molecule has 98 valence electrons. The molecule has 0 radical (unpaired) electrons. The van der Waals surface area contributed by atoms with Crippen LogP contribution in [0.2, 0.25) is 0 Å². The molecule has 0 atom stereocenters. The summed E-state index contributed by atoms with van der Waals surface area (Å²) in [5.41, 5.74) is 5.47. The predicted octanol–water partition coefficient (Wildman–Crippen LogP) is 4.27. The molecule has 19 heavy (non-hydrogen) atoms. The largest absolute Gasteiger partial charge is 0.341 e. The molecule has 0 spiro atoms. The van der Waals surface area contributed by atoms with Gasteiger partial charge in [0, 0.05) is 23.5 Å². The lowest BCUT2D eigenvalue weighted by Crippen LogP contribution is -2.18. The Kier molecular flexibility index (Phi) is 4.00. The highest BCUT2D eigenvalue weighted by atomic mass is 16.1. The zero-order valence-corrected chi connectivity index (χ0v) is 11.7. The van der Waals surface area contributed by atoms with Crippen molar-refractivity contribution in [3.63, 3.8) is 0 Å². The Morgan fingerprint density at radius 2 is 1.68 bits per heavy atom. The van der Waals surface area contributed by atoms with Gasteiger partial charge in [0.15, 0.2) is 0 Å². The topological polar surface area (TPSA) is 20.3 Å². The van der Waals surface area contributed by atoms with Gasteiger partial charge < -0.3 is 4.90 Å². The van der Waals surface area contributed by atoms with Crippen molar-refractivity contribution >= 4 is 17.7 Å². The van der Waals surface area contributed by atoms with Gasteiger partial charge in [-0.15, -0.1) is 0 Å². The van der Waals surface area contributed by atoms with Crippen molar-refractivity contribution in [3.05, 3.63) is 59.2 Å². The molecule has 0 amide bonds.